The van der Waals surface area contributed by atoms with Gasteiger partial charge in [0, 0.05) is 19.0 Å². The summed E-state index contributed by atoms with van der Waals surface area (Å²) in [6, 6.07) is -0.407. The van der Waals surface area contributed by atoms with E-state index in [4.69, 9.17) is 9.47 Å². The average Bonchev–Trinajstić information content (AvgIpc) is 2.52. The molecule has 2 amide bonds. The number of nitrogens with one attached hydrogen (secondary N) is 1. The van der Waals surface area contributed by atoms with E-state index in [0.29, 0.717) is 13.0 Å². The van der Waals surface area contributed by atoms with Gasteiger partial charge in [-0.1, -0.05) is 6.08 Å². The van der Waals surface area contributed by atoms with Crippen LogP contribution in [0.3, 0.4) is 0 Å². The lowest BCUT2D eigenvalue weighted by Gasteiger charge is -2.40. The van der Waals surface area contributed by atoms with Gasteiger partial charge >= 0.3 is 18.2 Å². The minimum absolute atomic E-state index is 0.0945. The smallest absolute Gasteiger partial charge is 0.408 e. The molecule has 26 heavy (non-hydrogen) atoms. The Morgan fingerprint density at radius 3 is 2.46 bits per heavy atom. The lowest BCUT2D eigenvalue weighted by atomic mass is 9.84. The van der Waals surface area contributed by atoms with Crippen molar-refractivity contribution in [3.05, 3.63) is 12.7 Å². The Bertz CT molecular complexity index is 542. The molecular weight excluding hydrogens is 340 g/mol. The fraction of sp³-hybridized carbons (Fsp3) is 0.722. The van der Waals surface area contributed by atoms with E-state index in [-0.39, 0.29) is 12.8 Å². The van der Waals surface area contributed by atoms with Crippen molar-refractivity contribution in [2.75, 3.05) is 13.7 Å². The number of carbonyl (C=O) groups excluding carboxylic acids is 2. The normalized spacial score (nSPS) is 19.8. The van der Waals surface area contributed by atoms with Crippen molar-refractivity contribution >= 4 is 18.2 Å². The van der Waals surface area contributed by atoms with Gasteiger partial charge in [-0.25, -0.2) is 14.4 Å². The summed E-state index contributed by atoms with van der Waals surface area (Å²) in [6.07, 6.45) is 2.13. The predicted octanol–water partition coefficient (Wildman–Crippen LogP) is 2.92. The van der Waals surface area contributed by atoms with E-state index in [1.54, 1.807) is 20.8 Å². The third kappa shape index (κ3) is 5.93. The van der Waals surface area contributed by atoms with Crippen molar-refractivity contribution in [1.29, 1.82) is 0 Å². The SMILES string of the molecule is C=CCC(CC1CCCCN1C(=O)O)(NC(=O)OC(C)(C)C)C(=O)OC. The van der Waals surface area contributed by atoms with Gasteiger partial charge in [-0.3, -0.25) is 0 Å². The molecule has 0 saturated carbocycles. The predicted molar refractivity (Wildman–Crippen MR) is 95.9 cm³/mol. The van der Waals surface area contributed by atoms with Gasteiger partial charge in [-0.05, 0) is 46.5 Å². The molecule has 0 radical (unpaired) electrons. The van der Waals surface area contributed by atoms with Crippen molar-refractivity contribution in [1.82, 2.24) is 10.2 Å². The Hall–Kier alpha value is -2.25. The number of alkyl carbamates (subject to hydrolysis) is 1. The van der Waals surface area contributed by atoms with E-state index in [1.807, 2.05) is 0 Å². The molecule has 0 aromatic rings. The molecule has 1 rings (SSSR count). The fourth-order valence-electron chi connectivity index (χ4n) is 3.21. The van der Waals surface area contributed by atoms with Crippen LogP contribution in [0.4, 0.5) is 9.59 Å². The fourth-order valence-corrected chi connectivity index (χ4v) is 3.21. The van der Waals surface area contributed by atoms with Crippen LogP contribution in [0.5, 0.6) is 0 Å². The van der Waals surface area contributed by atoms with E-state index in [2.05, 4.69) is 11.9 Å². The van der Waals surface area contributed by atoms with Gasteiger partial charge in [0.25, 0.3) is 0 Å². The highest BCUT2D eigenvalue weighted by atomic mass is 16.6. The highest BCUT2D eigenvalue weighted by Gasteiger charge is 2.45. The van der Waals surface area contributed by atoms with Crippen molar-refractivity contribution in [3.8, 4) is 0 Å². The number of ether oxygens (including phenoxy) is 2. The van der Waals surface area contributed by atoms with Gasteiger partial charge in [0.1, 0.15) is 11.1 Å². The second-order valence-corrected chi connectivity index (χ2v) is 7.52. The van der Waals surface area contributed by atoms with Gasteiger partial charge in [0.05, 0.1) is 7.11 Å². The molecule has 0 aliphatic carbocycles. The highest BCUT2D eigenvalue weighted by molar-refractivity contribution is 5.86. The van der Waals surface area contributed by atoms with E-state index in [9.17, 15) is 19.5 Å². The molecule has 0 spiro atoms. The summed E-state index contributed by atoms with van der Waals surface area (Å²) in [5.74, 6) is -0.654. The topological polar surface area (TPSA) is 105 Å². The quantitative estimate of drug-likeness (QED) is 0.550. The molecule has 148 valence electrons. The zero-order chi connectivity index (χ0) is 20.0. The molecular formula is C18H30N2O6. The first-order valence-electron chi connectivity index (χ1n) is 8.74. The summed E-state index contributed by atoms with van der Waals surface area (Å²) in [6.45, 7) is 9.21. The van der Waals surface area contributed by atoms with Crippen molar-refractivity contribution in [2.24, 2.45) is 0 Å². The second kappa shape index (κ2) is 8.91. The second-order valence-electron chi connectivity index (χ2n) is 7.52. The number of nitrogens with zero attached hydrogens (tertiary/aromatic N) is 1. The maximum atomic E-state index is 12.6. The molecule has 2 unspecified atom stereocenters. The number of hydrogen-bond donors (Lipinski definition) is 2. The molecule has 8 heteroatoms. The Balaban J connectivity index is 3.13. The minimum Gasteiger partial charge on any atom is -0.467 e. The van der Waals surface area contributed by atoms with Gasteiger partial charge in [0.15, 0.2) is 0 Å². The van der Waals surface area contributed by atoms with Gasteiger partial charge in [0.2, 0.25) is 0 Å². The third-order valence-electron chi connectivity index (χ3n) is 4.27. The summed E-state index contributed by atoms with van der Waals surface area (Å²) in [7, 11) is 1.23. The van der Waals surface area contributed by atoms with Crippen LogP contribution < -0.4 is 5.32 Å². The van der Waals surface area contributed by atoms with Crippen molar-refractivity contribution in [3.63, 3.8) is 0 Å². The maximum Gasteiger partial charge on any atom is 0.408 e. The first-order valence-corrected chi connectivity index (χ1v) is 8.74. The Kier molecular flexibility index (Phi) is 7.47. The van der Waals surface area contributed by atoms with Crippen molar-refractivity contribution in [2.45, 2.75) is 70.1 Å². The maximum absolute atomic E-state index is 12.6. The Morgan fingerprint density at radius 2 is 1.96 bits per heavy atom. The van der Waals surface area contributed by atoms with Crippen LogP contribution in [-0.4, -0.2) is 59.0 Å². The molecule has 0 aromatic heterocycles. The Morgan fingerprint density at radius 1 is 1.31 bits per heavy atom. The summed E-state index contributed by atoms with van der Waals surface area (Å²) >= 11 is 0. The molecule has 8 nitrogen and oxygen atoms in total. The van der Waals surface area contributed by atoms with Crippen LogP contribution in [0.2, 0.25) is 0 Å². The largest absolute Gasteiger partial charge is 0.467 e. The number of hydrogen-bond acceptors (Lipinski definition) is 5. The molecule has 2 N–H and O–H groups in total. The van der Waals surface area contributed by atoms with E-state index in [0.717, 1.165) is 12.8 Å². The molecule has 0 aromatic carbocycles. The number of carbonyl (C=O) groups is 3. The van der Waals surface area contributed by atoms with Crippen LogP contribution in [0.25, 0.3) is 0 Å². The number of methoxy groups -OCH3 is 1. The summed E-state index contributed by atoms with van der Waals surface area (Å²) in [5, 5.41) is 12.1. The summed E-state index contributed by atoms with van der Waals surface area (Å²) < 4.78 is 10.2. The summed E-state index contributed by atoms with van der Waals surface area (Å²) in [5.41, 5.74) is -2.17. The first kappa shape index (κ1) is 21.8. The number of esters is 1. The van der Waals surface area contributed by atoms with Crippen LogP contribution in [0, 0.1) is 0 Å². The van der Waals surface area contributed by atoms with Gasteiger partial charge in [-0.15, -0.1) is 6.58 Å². The molecule has 1 fully saturated rings. The van der Waals surface area contributed by atoms with Gasteiger partial charge in [-0.2, -0.15) is 0 Å². The zero-order valence-corrected chi connectivity index (χ0v) is 16.0. The highest BCUT2D eigenvalue weighted by Crippen LogP contribution is 2.29. The van der Waals surface area contributed by atoms with Gasteiger partial charge < -0.3 is 24.8 Å². The lowest BCUT2D eigenvalue weighted by molar-refractivity contribution is -0.149. The standard InChI is InChI=1S/C18H30N2O6/c1-6-10-18(14(21)25-5,19-15(22)26-17(2,3)4)12-13-9-7-8-11-20(13)16(23)24/h6,13H,1,7-12H2,2-5H3,(H,19,22)(H,23,24). The van der Waals surface area contributed by atoms with E-state index >= 15 is 0 Å². The number of carboxylic acid groups (broad SMARTS) is 1. The number of amides is 2. The number of likely N-dealkylation sites (tertiary alicyclic amines) is 1. The molecule has 0 bridgehead atoms. The minimum atomic E-state index is -1.44. The molecule has 1 saturated heterocycles. The monoisotopic (exact) mass is 370 g/mol. The molecule has 2 atom stereocenters. The van der Waals surface area contributed by atoms with E-state index in [1.165, 1.54) is 18.1 Å². The summed E-state index contributed by atoms with van der Waals surface area (Å²) in [4.78, 5) is 37.7. The average molecular weight is 370 g/mol. The third-order valence-corrected chi connectivity index (χ3v) is 4.27. The van der Waals surface area contributed by atoms with Crippen LogP contribution >= 0.6 is 0 Å². The van der Waals surface area contributed by atoms with Crippen LogP contribution in [0.1, 0.15) is 52.9 Å². The van der Waals surface area contributed by atoms with E-state index < -0.39 is 35.3 Å². The number of rotatable bonds is 6. The molecule has 1 heterocycles. The molecule has 1 aliphatic heterocycles. The lowest BCUT2D eigenvalue weighted by Crippen LogP contribution is -2.59. The zero-order valence-electron chi connectivity index (χ0n) is 16.0. The Labute approximate surface area is 154 Å². The molecule has 1 aliphatic rings. The number of piperidine rings is 1. The first-order chi connectivity index (χ1) is 12.0. The van der Waals surface area contributed by atoms with Crippen molar-refractivity contribution < 1.29 is 29.0 Å². The van der Waals surface area contributed by atoms with Crippen LogP contribution in [0.15, 0.2) is 12.7 Å². The van der Waals surface area contributed by atoms with Crippen LogP contribution in [-0.2, 0) is 14.3 Å².